The van der Waals surface area contributed by atoms with Crippen LogP contribution in [0.5, 0.6) is 0 Å². The maximum Gasteiger partial charge on any atom is 0.236 e. The zero-order valence-corrected chi connectivity index (χ0v) is 12.5. The average Bonchev–Trinajstić information content (AvgIpc) is 3.05. The van der Waals surface area contributed by atoms with Crippen molar-refractivity contribution in [3.8, 4) is 11.3 Å². The Kier molecular flexibility index (Phi) is 4.20. The lowest BCUT2D eigenvalue weighted by molar-refractivity contribution is -0.437. The van der Waals surface area contributed by atoms with Gasteiger partial charge in [0.2, 0.25) is 5.69 Å². The second kappa shape index (κ2) is 6.45. The van der Waals surface area contributed by atoms with E-state index in [1.54, 1.807) is 36.4 Å². The van der Waals surface area contributed by atoms with E-state index in [0.717, 1.165) is 12.1 Å². The van der Waals surface area contributed by atoms with E-state index in [2.05, 4.69) is 10.2 Å². The summed E-state index contributed by atoms with van der Waals surface area (Å²) in [5, 5.41) is 5.70. The molecule has 120 valence electrons. The maximum atomic E-state index is 13.3. The number of allylic oxidation sites excluding steroid dienone is 1. The molecule has 0 saturated carbocycles. The molecule has 0 aliphatic heterocycles. The van der Waals surface area contributed by atoms with Crippen LogP contribution in [0.15, 0.2) is 54.6 Å². The molecule has 0 aliphatic rings. The van der Waals surface area contributed by atoms with E-state index in [0.29, 0.717) is 28.2 Å². The first-order valence-electron chi connectivity index (χ1n) is 7.17. The molecule has 0 unspecified atom stereocenters. The highest BCUT2D eigenvalue weighted by Crippen LogP contribution is 2.18. The number of aromatic amines is 2. The van der Waals surface area contributed by atoms with Gasteiger partial charge in [0.05, 0.1) is 5.56 Å². The van der Waals surface area contributed by atoms with Gasteiger partial charge in [-0.25, -0.2) is 8.78 Å². The normalized spacial score (nSPS) is 11.1. The molecule has 0 spiro atoms. The van der Waals surface area contributed by atoms with Crippen LogP contribution in [0.25, 0.3) is 17.3 Å². The van der Waals surface area contributed by atoms with Crippen LogP contribution in [-0.2, 0) is 0 Å². The van der Waals surface area contributed by atoms with Crippen LogP contribution in [0, 0.1) is 11.6 Å². The highest BCUT2D eigenvalue weighted by molar-refractivity contribution is 6.06. The van der Waals surface area contributed by atoms with Gasteiger partial charge in [0.25, 0.3) is 0 Å². The Bertz CT molecular complexity index is 914. The highest BCUT2D eigenvalue weighted by Gasteiger charge is 2.12. The van der Waals surface area contributed by atoms with Gasteiger partial charge in [0, 0.05) is 17.3 Å². The summed E-state index contributed by atoms with van der Waals surface area (Å²) in [5.41, 5.74) is 8.39. The van der Waals surface area contributed by atoms with Crippen molar-refractivity contribution in [2.75, 3.05) is 5.73 Å². The third kappa shape index (κ3) is 3.38. The first-order valence-corrected chi connectivity index (χ1v) is 7.17. The van der Waals surface area contributed by atoms with Crippen molar-refractivity contribution < 1.29 is 18.7 Å². The molecule has 1 aromatic heterocycles. The number of anilines is 1. The minimum atomic E-state index is -0.919. The molecular formula is C18H14F2N3O+. The standard InChI is InChI=1S/C18H13F2N3O/c19-15-7-3-12(9-16(15)20)17-10-14(22-23-17)6-8-18(24)11-1-4-13(21)5-2-11/h1-10H,21H2,(H,22,23)/p+1. The third-order valence-electron chi connectivity index (χ3n) is 3.48. The second-order valence-corrected chi connectivity index (χ2v) is 5.21. The molecule has 0 bridgehead atoms. The molecule has 6 heteroatoms. The molecule has 0 amide bonds. The summed E-state index contributed by atoms with van der Waals surface area (Å²) in [6.45, 7) is 0. The van der Waals surface area contributed by atoms with Crippen molar-refractivity contribution in [1.29, 1.82) is 0 Å². The van der Waals surface area contributed by atoms with Gasteiger partial charge in [-0.3, -0.25) is 4.79 Å². The van der Waals surface area contributed by atoms with Crippen molar-refractivity contribution in [3.05, 3.63) is 77.5 Å². The number of H-pyrrole nitrogens is 2. The smallest absolute Gasteiger partial charge is 0.236 e. The molecule has 24 heavy (non-hydrogen) atoms. The fourth-order valence-corrected chi connectivity index (χ4v) is 2.19. The topological polar surface area (TPSA) is 73.0 Å². The number of aromatic nitrogens is 2. The fourth-order valence-electron chi connectivity index (χ4n) is 2.19. The Morgan fingerprint density at radius 1 is 1.04 bits per heavy atom. The number of benzene rings is 2. The van der Waals surface area contributed by atoms with Crippen molar-refractivity contribution in [3.63, 3.8) is 0 Å². The largest absolute Gasteiger partial charge is 0.399 e. The van der Waals surface area contributed by atoms with Gasteiger partial charge in [-0.05, 0) is 54.6 Å². The number of nitrogen functional groups attached to an aromatic ring is 1. The van der Waals surface area contributed by atoms with Crippen LogP contribution in [-0.4, -0.2) is 10.9 Å². The summed E-state index contributed by atoms with van der Waals surface area (Å²) < 4.78 is 26.2. The molecule has 2 aromatic carbocycles. The van der Waals surface area contributed by atoms with Crippen LogP contribution in [0.4, 0.5) is 14.5 Å². The molecule has 3 aromatic rings. The van der Waals surface area contributed by atoms with Gasteiger partial charge in [-0.15, -0.1) is 5.10 Å². The molecule has 0 saturated heterocycles. The predicted molar refractivity (Wildman–Crippen MR) is 86.9 cm³/mol. The summed E-state index contributed by atoms with van der Waals surface area (Å²) in [6.07, 6.45) is 3.01. The quantitative estimate of drug-likeness (QED) is 0.439. The number of halogens is 2. The highest BCUT2D eigenvalue weighted by atomic mass is 19.2. The average molecular weight is 326 g/mol. The van der Waals surface area contributed by atoms with Crippen molar-refractivity contribution in [1.82, 2.24) is 5.10 Å². The van der Waals surface area contributed by atoms with E-state index in [1.807, 2.05) is 0 Å². The Labute approximate surface area is 136 Å². The Balaban J connectivity index is 1.77. The Morgan fingerprint density at radius 2 is 1.79 bits per heavy atom. The number of carbonyl (C=O) groups is 1. The van der Waals surface area contributed by atoms with Gasteiger partial charge < -0.3 is 5.73 Å². The van der Waals surface area contributed by atoms with E-state index in [9.17, 15) is 13.6 Å². The minimum Gasteiger partial charge on any atom is -0.399 e. The summed E-state index contributed by atoms with van der Waals surface area (Å²) in [6, 6.07) is 11.9. The molecule has 0 atom stereocenters. The molecule has 0 fully saturated rings. The first kappa shape index (κ1) is 15.6. The van der Waals surface area contributed by atoms with Gasteiger partial charge in [-0.2, -0.15) is 5.10 Å². The predicted octanol–water partition coefficient (Wildman–Crippen LogP) is 3.25. The molecule has 1 heterocycles. The van der Waals surface area contributed by atoms with E-state index >= 15 is 0 Å². The van der Waals surface area contributed by atoms with E-state index in [-0.39, 0.29) is 5.78 Å². The van der Waals surface area contributed by atoms with E-state index in [4.69, 9.17) is 5.73 Å². The SMILES string of the molecule is Nc1ccc(C(=O)C=Cc2cc(-c3ccc(F)c(F)c3)[nH+][nH]2)cc1. The van der Waals surface area contributed by atoms with Gasteiger partial charge in [0.1, 0.15) is 5.69 Å². The van der Waals surface area contributed by atoms with Gasteiger partial charge in [0.15, 0.2) is 17.4 Å². The molecule has 3 rings (SSSR count). The van der Waals surface area contributed by atoms with Crippen LogP contribution in [0.2, 0.25) is 0 Å². The lowest BCUT2D eigenvalue weighted by Crippen LogP contribution is -2.05. The molecule has 0 radical (unpaired) electrons. The summed E-state index contributed by atoms with van der Waals surface area (Å²) >= 11 is 0. The lowest BCUT2D eigenvalue weighted by Gasteiger charge is -1.96. The van der Waals surface area contributed by atoms with Crippen LogP contribution in [0.1, 0.15) is 16.1 Å². The minimum absolute atomic E-state index is 0.168. The van der Waals surface area contributed by atoms with Gasteiger partial charge >= 0.3 is 0 Å². The van der Waals surface area contributed by atoms with E-state index < -0.39 is 11.6 Å². The van der Waals surface area contributed by atoms with Crippen molar-refractivity contribution >= 4 is 17.5 Å². The number of rotatable bonds is 4. The molecule has 4 N–H and O–H groups in total. The molecule has 0 aliphatic carbocycles. The van der Waals surface area contributed by atoms with Crippen molar-refractivity contribution in [2.24, 2.45) is 0 Å². The first-order chi connectivity index (χ1) is 11.5. The van der Waals surface area contributed by atoms with Crippen molar-refractivity contribution in [2.45, 2.75) is 0 Å². The molecule has 4 nitrogen and oxygen atoms in total. The van der Waals surface area contributed by atoms with Gasteiger partial charge in [-0.1, -0.05) is 0 Å². The zero-order valence-electron chi connectivity index (χ0n) is 12.5. The second-order valence-electron chi connectivity index (χ2n) is 5.21. The zero-order chi connectivity index (χ0) is 17.1. The monoisotopic (exact) mass is 326 g/mol. The summed E-state index contributed by atoms with van der Waals surface area (Å²) in [4.78, 5) is 12.0. The van der Waals surface area contributed by atoms with Crippen LogP contribution in [0.3, 0.4) is 0 Å². The number of hydrogen-bond acceptors (Lipinski definition) is 2. The Hall–Kier alpha value is -3.28. The third-order valence-corrected chi connectivity index (χ3v) is 3.48. The number of carbonyl (C=O) groups excluding carboxylic acids is 1. The number of hydrogen-bond donors (Lipinski definition) is 2. The number of nitrogens with one attached hydrogen (secondary N) is 2. The number of ketones is 1. The Morgan fingerprint density at radius 3 is 2.50 bits per heavy atom. The summed E-state index contributed by atoms with van der Waals surface area (Å²) in [7, 11) is 0. The fraction of sp³-hybridized carbons (Fsp3) is 0. The summed E-state index contributed by atoms with van der Waals surface area (Å²) in [5.74, 6) is -1.99. The van der Waals surface area contributed by atoms with E-state index in [1.165, 1.54) is 12.1 Å². The maximum absolute atomic E-state index is 13.3. The van der Waals surface area contributed by atoms with Crippen LogP contribution < -0.4 is 10.8 Å². The molecular weight excluding hydrogens is 312 g/mol. The number of nitrogens with two attached hydrogens (primary N) is 1. The lowest BCUT2D eigenvalue weighted by atomic mass is 10.1. The van der Waals surface area contributed by atoms with Crippen LogP contribution >= 0.6 is 0 Å².